The lowest BCUT2D eigenvalue weighted by atomic mass is 10.1. The van der Waals surface area contributed by atoms with Crippen molar-refractivity contribution < 1.29 is 48.8 Å². The second-order valence-electron chi connectivity index (χ2n) is 16.2. The number of rotatable bonds is 16. The molecule has 4 aromatic carbocycles. The Morgan fingerprint density at radius 1 is 0.686 bits per heavy atom. The molecule has 0 spiro atoms. The number of aromatic hydroxyl groups is 1. The van der Waals surface area contributed by atoms with Crippen molar-refractivity contribution in [2.75, 3.05) is 18.1 Å². The zero-order valence-electron chi connectivity index (χ0n) is 38.8. The number of nitrogen functional groups attached to an aromatic ring is 1. The minimum atomic E-state index is -4.84. The summed E-state index contributed by atoms with van der Waals surface area (Å²) >= 11 is 0. The molecule has 0 fully saturated rings. The number of azo groups is 3. The van der Waals surface area contributed by atoms with E-state index in [-0.39, 0.29) is 43.9 Å². The van der Waals surface area contributed by atoms with Gasteiger partial charge in [-0.1, -0.05) is 30.4 Å². The molecule has 6 N–H and O–H groups in total. The Morgan fingerprint density at radius 2 is 1.23 bits per heavy atom. The summed E-state index contributed by atoms with van der Waals surface area (Å²) < 4.78 is 104. The molecule has 0 aliphatic heterocycles. The summed E-state index contributed by atoms with van der Waals surface area (Å²) in [6, 6.07) is 14.1. The number of hydrogen-bond acceptors (Lipinski definition) is 17. The van der Waals surface area contributed by atoms with Gasteiger partial charge < -0.3 is 15.6 Å². The molecule has 0 atom stereocenters. The van der Waals surface area contributed by atoms with Gasteiger partial charge in [-0.2, -0.15) is 60.7 Å². The smallest absolute Gasteiger partial charge is 0.294 e. The van der Waals surface area contributed by atoms with Crippen LogP contribution in [-0.2, 0) is 43.3 Å². The molecule has 5 aromatic rings. The van der Waals surface area contributed by atoms with Crippen LogP contribution in [0.4, 0.5) is 39.8 Å². The Kier molecular flexibility index (Phi) is 16.2. The van der Waals surface area contributed by atoms with Crippen LogP contribution in [0.15, 0.2) is 113 Å². The minimum Gasteiger partial charge on any atom is -0.505 e. The first-order valence-corrected chi connectivity index (χ1v) is 25.8. The van der Waals surface area contributed by atoms with Gasteiger partial charge in [-0.05, 0) is 130 Å². The van der Waals surface area contributed by atoms with Crippen LogP contribution in [0.2, 0.25) is 0 Å². The van der Waals surface area contributed by atoms with E-state index in [1.165, 1.54) is 16.9 Å². The number of phenols is 1. The maximum atomic E-state index is 12.0. The van der Waals surface area contributed by atoms with Crippen molar-refractivity contribution in [1.82, 2.24) is 15.0 Å². The molecular weight excluding hydrogens is 965 g/mol. The van der Waals surface area contributed by atoms with Crippen LogP contribution in [0.5, 0.6) is 11.5 Å². The first-order chi connectivity index (χ1) is 32.9. The summed E-state index contributed by atoms with van der Waals surface area (Å²) in [5.41, 5.74) is 15.2. The molecule has 1 aromatic heterocycles. The Morgan fingerprint density at radius 3 is 1.77 bits per heavy atom. The predicted molar refractivity (Wildman–Crippen MR) is 265 cm³/mol. The molecule has 0 radical (unpaired) electrons. The van der Waals surface area contributed by atoms with Crippen LogP contribution in [-0.4, -0.2) is 71.4 Å². The Balaban J connectivity index is 1.14. The van der Waals surface area contributed by atoms with Gasteiger partial charge in [0.15, 0.2) is 5.75 Å². The summed E-state index contributed by atoms with van der Waals surface area (Å²) in [5.74, 6) is -0.249. The van der Waals surface area contributed by atoms with Gasteiger partial charge in [-0.3, -0.25) is 13.7 Å². The van der Waals surface area contributed by atoms with Crippen LogP contribution in [0.3, 0.4) is 0 Å². The Bertz CT molecular complexity index is 3430. The van der Waals surface area contributed by atoms with E-state index in [1.807, 2.05) is 65.8 Å². The van der Waals surface area contributed by atoms with Crippen LogP contribution < -0.4 is 10.5 Å². The van der Waals surface area contributed by atoms with E-state index in [1.54, 1.807) is 36.4 Å². The summed E-state index contributed by atoms with van der Waals surface area (Å²) in [5, 5.41) is 46.8. The Labute approximate surface area is 404 Å². The lowest BCUT2D eigenvalue weighted by molar-refractivity contribution is 0.317. The van der Waals surface area contributed by atoms with E-state index >= 15 is 0 Å². The summed E-state index contributed by atoms with van der Waals surface area (Å²) in [7, 11) is -13.7. The van der Waals surface area contributed by atoms with Gasteiger partial charge >= 0.3 is 0 Å². The molecule has 0 saturated heterocycles. The molecule has 6 rings (SSSR count). The number of aromatic nitrogens is 3. The van der Waals surface area contributed by atoms with Crippen molar-refractivity contribution in [3.05, 3.63) is 133 Å². The van der Waals surface area contributed by atoms with E-state index in [0.717, 1.165) is 39.5 Å². The highest BCUT2D eigenvalue weighted by Gasteiger charge is 2.21. The summed E-state index contributed by atoms with van der Waals surface area (Å²) in [6.45, 7) is 11.2. The molecular formula is C46H50N10O11S3. The lowest BCUT2D eigenvalue weighted by Crippen LogP contribution is -2.08. The molecule has 0 unspecified atom stereocenters. The number of fused-ring (bicyclic) bond motifs is 1. The molecule has 21 nitrogen and oxygen atoms in total. The average molecular weight is 1020 g/mol. The summed E-state index contributed by atoms with van der Waals surface area (Å²) in [6.07, 6.45) is 7.54. The molecule has 0 saturated carbocycles. The fourth-order valence-electron chi connectivity index (χ4n) is 6.76. The van der Waals surface area contributed by atoms with Crippen molar-refractivity contribution >= 4 is 82.3 Å². The standard InChI is InChI=1S/C46H50N10O11S3/c1-27-13-15-39(46(57)35(27)11-8-17-56-54-37-12-7-10-33(69(61,62)63)25-34(70(64,65)66)14-16-38(37)55-56)48-49-40-21-30(4)41(22-29(40)3)50-51-42-23-32(6)43(24-31(42)5)52-53-44-20-28(2)36(47)26-45(44)67-18-9-19-68(58,59)60/h7-8,11-15,20-26,57H,9-10,16-19,47H2,1-6H3,(H,58,59,60)(H,61,62,63)(H,64,65,66)/b11-8-,12-7-,33-25+,34-14+,49-48?,51-50?,53-52?. The second-order valence-corrected chi connectivity index (χ2v) is 20.7. The highest BCUT2D eigenvalue weighted by Crippen LogP contribution is 2.38. The molecule has 70 heavy (non-hydrogen) atoms. The van der Waals surface area contributed by atoms with Crippen LogP contribution in [0.1, 0.15) is 63.2 Å². The van der Waals surface area contributed by atoms with Gasteiger partial charge in [0.25, 0.3) is 30.4 Å². The van der Waals surface area contributed by atoms with E-state index in [2.05, 4.69) is 40.9 Å². The molecule has 24 heteroatoms. The van der Waals surface area contributed by atoms with Crippen LogP contribution >= 0.6 is 0 Å². The van der Waals surface area contributed by atoms with Gasteiger partial charge in [0.2, 0.25) is 0 Å². The van der Waals surface area contributed by atoms with Crippen LogP contribution in [0.25, 0.3) is 12.2 Å². The quantitative estimate of drug-likeness (QED) is 0.0266. The highest BCUT2D eigenvalue weighted by molar-refractivity contribution is 7.91. The third-order valence-electron chi connectivity index (χ3n) is 10.7. The van der Waals surface area contributed by atoms with Gasteiger partial charge in [0.1, 0.15) is 22.8 Å². The maximum Gasteiger partial charge on any atom is 0.294 e. The monoisotopic (exact) mass is 1010 g/mol. The topological polar surface area (TPSA) is 323 Å². The molecule has 0 amide bonds. The van der Waals surface area contributed by atoms with Gasteiger partial charge in [-0.25, -0.2) is 0 Å². The molecule has 1 heterocycles. The minimum absolute atomic E-state index is 0.0103. The summed E-state index contributed by atoms with van der Waals surface area (Å²) in [4.78, 5) is -0.0301. The van der Waals surface area contributed by atoms with Crippen molar-refractivity contribution in [2.24, 2.45) is 30.7 Å². The highest BCUT2D eigenvalue weighted by atomic mass is 32.2. The van der Waals surface area contributed by atoms with Gasteiger partial charge in [0, 0.05) is 30.2 Å². The average Bonchev–Trinajstić information content (AvgIpc) is 3.66. The van der Waals surface area contributed by atoms with Gasteiger partial charge in [0.05, 0.1) is 57.2 Å². The van der Waals surface area contributed by atoms with Crippen molar-refractivity contribution in [3.63, 3.8) is 0 Å². The number of benzene rings is 4. The van der Waals surface area contributed by atoms with E-state index in [0.29, 0.717) is 62.9 Å². The SMILES string of the molecule is Cc1cc(N=Nc2cc(C)c(N=Nc3cc(C)c(N=Nc4ccc(C)c(/C=C\Cn5nc6c(n5)C/C=C(S(=O)(=O)O)\C=C(\S(=O)(=O)O)C/C=C\6)c4O)cc3C)cc2C)c(OCCCS(=O)(=O)O)cc1N. The number of aryl methyl sites for hydroxylation is 6. The van der Waals surface area contributed by atoms with E-state index in [4.69, 9.17) is 15.0 Å². The van der Waals surface area contributed by atoms with Crippen molar-refractivity contribution in [2.45, 2.75) is 67.3 Å². The number of nitrogens with zero attached hydrogens (tertiary/aromatic N) is 9. The fraction of sp³-hybridized carbons (Fsp3) is 0.261. The fourth-order valence-corrected chi connectivity index (χ4v) is 8.48. The Hall–Kier alpha value is -7.09. The van der Waals surface area contributed by atoms with Crippen LogP contribution in [0, 0.1) is 41.5 Å². The second kappa shape index (κ2) is 21.7. The predicted octanol–water partition coefficient (Wildman–Crippen LogP) is 10.5. The number of phenolic OH excluding ortho intramolecular Hbond substituents is 1. The molecule has 0 bridgehead atoms. The molecule has 368 valence electrons. The van der Waals surface area contributed by atoms with Crippen molar-refractivity contribution in [3.8, 4) is 11.5 Å². The zero-order valence-corrected chi connectivity index (χ0v) is 41.2. The van der Waals surface area contributed by atoms with E-state index in [9.17, 15) is 39.5 Å². The zero-order chi connectivity index (χ0) is 51.1. The number of allylic oxidation sites excluding steroid dienone is 5. The first kappa shape index (κ1) is 52.3. The maximum absolute atomic E-state index is 12.0. The number of ether oxygens (including phenoxy) is 1. The number of anilines is 1. The normalized spacial score (nSPS) is 15.9. The third-order valence-corrected chi connectivity index (χ3v) is 13.4. The first-order valence-electron chi connectivity index (χ1n) is 21.3. The lowest BCUT2D eigenvalue weighted by Gasteiger charge is -2.11. The third kappa shape index (κ3) is 13.8. The van der Waals surface area contributed by atoms with Crippen molar-refractivity contribution in [1.29, 1.82) is 0 Å². The largest absolute Gasteiger partial charge is 0.505 e. The number of hydrogen-bond donors (Lipinski definition) is 5. The van der Waals surface area contributed by atoms with Gasteiger partial charge in [-0.15, -0.1) is 10.2 Å². The molecule has 1 aliphatic carbocycles. The van der Waals surface area contributed by atoms with E-state index < -0.39 is 45.9 Å². The molecule has 1 aliphatic rings. The number of nitrogens with two attached hydrogens (primary N) is 1.